The van der Waals surface area contributed by atoms with Crippen LogP contribution in [0.25, 0.3) is 24.3 Å². The number of benzene rings is 8. The summed E-state index contributed by atoms with van der Waals surface area (Å²) in [6, 6.07) is 34.1. The van der Waals surface area contributed by atoms with E-state index in [1.165, 1.54) is 95.1 Å². The number of nitrogens with zero attached hydrogens (tertiary/aromatic N) is 4. The lowest BCUT2D eigenvalue weighted by atomic mass is 10.1. The van der Waals surface area contributed by atoms with Gasteiger partial charge in [0.1, 0.15) is 44.2 Å². The largest absolute Gasteiger partial charge is 0.506 e. The molecule has 0 aliphatic rings. The number of phenols is 2. The number of anilines is 6. The number of hydrazone groups is 2. The maximum Gasteiger partial charge on any atom is 0.295 e. The molecular formula is C68H58Br4Cl2N10O17S8. The predicted molar refractivity (Wildman–Crippen MR) is 453 cm³/mol. The van der Waals surface area contributed by atoms with Crippen LogP contribution in [-0.4, -0.2) is 133 Å². The third-order valence-electron chi connectivity index (χ3n) is 14.8. The fourth-order valence-corrected chi connectivity index (χ4v) is 16.3. The van der Waals surface area contributed by atoms with E-state index < -0.39 is 85.0 Å². The number of carbonyl (C=O) groups excluding carboxylic acids is 2. The number of halogens is 6. The van der Waals surface area contributed by atoms with Crippen LogP contribution in [0, 0.1) is 0 Å². The van der Waals surface area contributed by atoms with E-state index in [1.54, 1.807) is 72.8 Å². The molecule has 0 fully saturated rings. The van der Waals surface area contributed by atoms with Gasteiger partial charge in [-0.3, -0.25) is 27.8 Å². The number of amides is 2. The average Bonchev–Trinajstić information content (AvgIpc) is 0.836. The second kappa shape index (κ2) is 39.0. The van der Waals surface area contributed by atoms with Crippen LogP contribution >= 0.6 is 136 Å². The van der Waals surface area contributed by atoms with Crippen LogP contribution in [0.3, 0.4) is 0 Å². The van der Waals surface area contributed by atoms with Crippen molar-refractivity contribution in [1.82, 2.24) is 10.9 Å². The van der Waals surface area contributed by atoms with Crippen LogP contribution in [0.4, 0.5) is 34.1 Å². The third kappa shape index (κ3) is 26.3. The Morgan fingerprint density at radius 2 is 0.706 bits per heavy atom. The van der Waals surface area contributed by atoms with Crippen LogP contribution in [0.5, 0.6) is 11.5 Å². The Balaban J connectivity index is 0.817. The van der Waals surface area contributed by atoms with Crippen molar-refractivity contribution in [1.29, 1.82) is 0 Å². The molecule has 0 aromatic heterocycles. The summed E-state index contributed by atoms with van der Waals surface area (Å²) < 4.78 is 151. The van der Waals surface area contributed by atoms with Crippen molar-refractivity contribution in [2.45, 2.75) is 45.3 Å². The van der Waals surface area contributed by atoms with Gasteiger partial charge in [0, 0.05) is 70.2 Å². The van der Waals surface area contributed by atoms with Gasteiger partial charge in [0.25, 0.3) is 52.3 Å². The summed E-state index contributed by atoms with van der Waals surface area (Å²) in [6.45, 7) is -0.359. The molecule has 0 spiro atoms. The standard InChI is InChI=1S/C68H58Br4Cl2N10O17S8/c69-53-27-39(28-54(70)65(53)87)35-75-81-61(85)37-83(51-21-13-45(73)14-22-51)67(104)79-49-19-11-43(59(33-49)108(95,96)97)7-5-41-9-17-47(31-57(41)106(89,90)91)77-63(102)3-1-25-101-26-2-4-64(103)78-48-18-10-42(58(32-48)107(92,93)94)6-8-44-12-20-50(34-60(44)109(98,99)100)80-68(105)84(52-23-15-46(74)16-24-52)38-62(86)82-76-36-40-29-55(71)66(88)56(72)30-40/h5-24,27-36,87-88H,1-4,25-26,37-38H2,(H,77,102)(H,78,103)(H,79,104)(H,80,105)(H,81,85)(H,82,86)(H,89,90,91)(H,92,93,94)(H,95,96,97)(H,98,99,100)/b7-5+,8-6+,75-35-,76-36-. The van der Waals surface area contributed by atoms with Crippen molar-refractivity contribution in [2.75, 3.05) is 57.4 Å². The zero-order valence-electron chi connectivity index (χ0n) is 55.5. The molecular weight excluding hydrogens is 1880 g/mol. The highest BCUT2D eigenvalue weighted by atomic mass is 79.9. The molecule has 12 N–H and O–H groups in total. The van der Waals surface area contributed by atoms with Gasteiger partial charge in [-0.05, 0) is 256 Å². The highest BCUT2D eigenvalue weighted by Crippen LogP contribution is 2.36. The summed E-state index contributed by atoms with van der Waals surface area (Å²) in [7, 11) is -19.8. The van der Waals surface area contributed by atoms with Crippen LogP contribution in [-0.2, 0) is 54.8 Å². The van der Waals surface area contributed by atoms with Crippen LogP contribution in [0.1, 0.15) is 59.1 Å². The van der Waals surface area contributed by atoms with Gasteiger partial charge in [0.2, 0.25) is 0 Å². The minimum Gasteiger partial charge on any atom is -0.506 e. The number of carbonyl (C=O) groups is 2. The minimum absolute atomic E-state index is 0.0291. The normalized spacial score (nSPS) is 12.0. The van der Waals surface area contributed by atoms with Crippen molar-refractivity contribution >= 4 is 279 Å². The van der Waals surface area contributed by atoms with Gasteiger partial charge in [0.15, 0.2) is 10.2 Å². The number of aromatic hydroxyl groups is 2. The fraction of sp³-hybridized carbons (Fsp3) is 0.118. The van der Waals surface area contributed by atoms with Gasteiger partial charge >= 0.3 is 0 Å². The van der Waals surface area contributed by atoms with Crippen molar-refractivity contribution in [2.24, 2.45) is 10.2 Å². The van der Waals surface area contributed by atoms with Crippen LogP contribution in [0.2, 0.25) is 10.0 Å². The maximum atomic E-state index is 13.2. The summed E-state index contributed by atoms with van der Waals surface area (Å²) in [5, 5.41) is 40.2. The Hall–Kier alpha value is -7.62. The van der Waals surface area contributed by atoms with Gasteiger partial charge in [-0.2, -0.15) is 43.9 Å². The first-order valence-corrected chi connectivity index (χ1v) is 42.3. The van der Waals surface area contributed by atoms with Crippen molar-refractivity contribution in [3.63, 3.8) is 0 Å². The van der Waals surface area contributed by atoms with Crippen molar-refractivity contribution < 1.29 is 76.4 Å². The first-order chi connectivity index (χ1) is 51.3. The van der Waals surface area contributed by atoms with E-state index in [4.69, 9.17) is 76.8 Å². The van der Waals surface area contributed by atoms with E-state index in [1.807, 2.05) is 0 Å². The highest BCUT2D eigenvalue weighted by Gasteiger charge is 2.24. The monoisotopic (exact) mass is 1930 g/mol. The molecule has 2 amide bonds. The smallest absolute Gasteiger partial charge is 0.295 e. The van der Waals surface area contributed by atoms with Crippen molar-refractivity contribution in [3.8, 4) is 11.5 Å². The molecule has 0 saturated carbocycles. The molecule has 27 nitrogen and oxygen atoms in total. The topological polar surface area (TPSA) is 405 Å². The molecule has 572 valence electrons. The number of rotatable bonds is 30. The summed E-state index contributed by atoms with van der Waals surface area (Å²) in [6.07, 6.45) is 8.85. The maximum absolute atomic E-state index is 13.2. The Labute approximate surface area is 690 Å². The van der Waals surface area contributed by atoms with Gasteiger partial charge < -0.3 is 46.0 Å². The summed E-state index contributed by atoms with van der Waals surface area (Å²) in [5.41, 5.74) is 6.72. The Morgan fingerprint density at radius 3 is 0.982 bits per heavy atom. The SMILES string of the molecule is O=C(CN(C(=S)Nc1ccc(/C=C/c2ccc(NC(=S)CCCOCCCC(=S)Nc3ccc(/C=C/c4ccc(NC(=S)N(CC(=O)N/N=C\c5cc(Br)c(O)c(Br)c5)c5ccc(Cl)cc5)cc4S(=O)(=O)O)c(S(=O)(=O)O)c3)cc2S(=O)(=O)O)c(S(=O)(=O)O)c1)c1ccc(Cl)cc1)N/N=C\c1cc(Br)c(O)c(Br)c1. The highest BCUT2D eigenvalue weighted by molar-refractivity contribution is 9.11. The molecule has 8 aromatic carbocycles. The molecule has 41 heteroatoms. The zero-order chi connectivity index (χ0) is 79.7. The number of phenolic OH excluding ortho intramolecular Hbond substituents is 2. The third-order valence-corrected chi connectivity index (χ3v) is 22.6. The molecule has 0 saturated heterocycles. The fourth-order valence-electron chi connectivity index (χ4n) is 9.69. The lowest BCUT2D eigenvalue weighted by Crippen LogP contribution is -2.41. The van der Waals surface area contributed by atoms with E-state index >= 15 is 0 Å². The average molecular weight is 1930 g/mol. The number of nitrogens with one attached hydrogen (secondary N) is 6. The molecule has 0 bridgehead atoms. The van der Waals surface area contributed by atoms with Gasteiger partial charge in [-0.1, -0.05) is 96.2 Å². The minimum atomic E-state index is -4.98. The zero-order valence-corrected chi connectivity index (χ0v) is 69.9. The molecule has 0 aliphatic carbocycles. The number of thiocarbonyl (C=S) groups is 4. The van der Waals surface area contributed by atoms with E-state index in [9.17, 15) is 71.7 Å². The van der Waals surface area contributed by atoms with Gasteiger partial charge in [-0.15, -0.1) is 0 Å². The Kier molecular flexibility index (Phi) is 31.1. The van der Waals surface area contributed by atoms with E-state index in [0.29, 0.717) is 63.3 Å². The van der Waals surface area contributed by atoms with E-state index in [2.05, 4.69) is 106 Å². The molecule has 109 heavy (non-hydrogen) atoms. The summed E-state index contributed by atoms with van der Waals surface area (Å²) >= 11 is 47.6. The Morgan fingerprint density at radius 1 is 0.431 bits per heavy atom. The van der Waals surface area contributed by atoms with Gasteiger partial charge in [-0.25, -0.2) is 10.9 Å². The molecule has 0 heterocycles. The lowest BCUT2D eigenvalue weighted by Gasteiger charge is -2.25. The predicted octanol–water partition coefficient (Wildman–Crippen LogP) is 15.2. The first-order valence-electron chi connectivity index (χ1n) is 31.0. The second-order valence-electron chi connectivity index (χ2n) is 22.7. The lowest BCUT2D eigenvalue weighted by molar-refractivity contribution is -0.120. The second-order valence-corrected chi connectivity index (χ2v) is 34.3. The summed E-state index contributed by atoms with van der Waals surface area (Å²) in [5.74, 6) is -1.32. The number of hydrogen-bond donors (Lipinski definition) is 12. The van der Waals surface area contributed by atoms with Crippen LogP contribution < -0.4 is 41.9 Å². The van der Waals surface area contributed by atoms with Crippen LogP contribution in [0.15, 0.2) is 193 Å². The van der Waals surface area contributed by atoms with E-state index in [0.717, 1.165) is 24.3 Å². The molecule has 0 atom stereocenters. The first kappa shape index (κ1) is 87.0. The Bertz CT molecular complexity index is 5110. The van der Waals surface area contributed by atoms with Crippen molar-refractivity contribution in [3.05, 3.63) is 207 Å². The molecule has 0 aliphatic heterocycles. The molecule has 8 aromatic rings. The quantitative estimate of drug-likeness (QED) is 0.00497. The van der Waals surface area contributed by atoms with E-state index in [-0.39, 0.29) is 103 Å². The molecule has 0 radical (unpaired) electrons. The molecule has 0 unspecified atom stereocenters. The molecule has 8 rings (SSSR count). The number of hydrogen-bond acceptors (Lipinski definition) is 19. The van der Waals surface area contributed by atoms with Gasteiger partial charge in [0.05, 0.1) is 40.3 Å². The summed E-state index contributed by atoms with van der Waals surface area (Å²) in [4.78, 5) is 27.3. The number of ether oxygens (including phenoxy) is 1.